The molecule has 3 atom stereocenters. The van der Waals surface area contributed by atoms with E-state index in [9.17, 15) is 10.1 Å². The lowest BCUT2D eigenvalue weighted by atomic mass is 9.75. The number of rotatable bonds is 3. The van der Waals surface area contributed by atoms with E-state index in [1.807, 2.05) is 30.3 Å². The molecule has 1 aromatic carbocycles. The molecule has 0 unspecified atom stereocenters. The minimum Gasteiger partial charge on any atom is -0.366 e. The molecule has 0 radical (unpaired) electrons. The van der Waals surface area contributed by atoms with E-state index in [1.165, 1.54) is 0 Å². The molecule has 1 fully saturated rings. The molecule has 1 aromatic rings. The lowest BCUT2D eigenvalue weighted by Crippen LogP contribution is -2.51. The second-order valence-corrected chi connectivity index (χ2v) is 4.78. The standard InChI is InChI=1S/C14H17NO3/c1-3-12-9-10-18-13(14(12,2)15(16)17)11-7-5-4-6-8-11/h3-8,12-13H,1,9-10H2,2H3/t12-,13-,14+/m0/s1. The summed E-state index contributed by atoms with van der Waals surface area (Å²) in [4.78, 5) is 11.3. The number of hydrogen-bond acceptors (Lipinski definition) is 3. The summed E-state index contributed by atoms with van der Waals surface area (Å²) in [5, 5.41) is 11.5. The Kier molecular flexibility index (Phi) is 3.48. The topological polar surface area (TPSA) is 52.4 Å². The van der Waals surface area contributed by atoms with Gasteiger partial charge in [0.2, 0.25) is 0 Å². The van der Waals surface area contributed by atoms with Crippen molar-refractivity contribution in [2.45, 2.75) is 25.0 Å². The van der Waals surface area contributed by atoms with E-state index in [2.05, 4.69) is 6.58 Å². The Labute approximate surface area is 106 Å². The van der Waals surface area contributed by atoms with Crippen molar-refractivity contribution in [3.05, 3.63) is 58.7 Å². The zero-order chi connectivity index (χ0) is 13.2. The highest BCUT2D eigenvalue weighted by Gasteiger charge is 2.54. The van der Waals surface area contributed by atoms with E-state index in [4.69, 9.17) is 4.74 Å². The van der Waals surface area contributed by atoms with Gasteiger partial charge in [0.05, 0.1) is 5.92 Å². The zero-order valence-electron chi connectivity index (χ0n) is 10.4. The SMILES string of the molecule is C=C[C@H]1CCO[C@@H](c2ccccc2)[C@]1(C)[N+](=O)[O-]. The van der Waals surface area contributed by atoms with Crippen LogP contribution in [-0.4, -0.2) is 17.1 Å². The molecule has 0 aromatic heterocycles. The largest absolute Gasteiger partial charge is 0.366 e. The first-order chi connectivity index (χ1) is 8.60. The monoisotopic (exact) mass is 247 g/mol. The minimum atomic E-state index is -1.15. The Morgan fingerprint density at radius 2 is 2.17 bits per heavy atom. The van der Waals surface area contributed by atoms with Crippen LogP contribution in [-0.2, 0) is 4.74 Å². The summed E-state index contributed by atoms with van der Waals surface area (Å²) in [6.45, 7) is 5.91. The van der Waals surface area contributed by atoms with Gasteiger partial charge in [0.15, 0.2) is 6.10 Å². The number of nitrogens with zero attached hydrogens (tertiary/aromatic N) is 1. The Morgan fingerprint density at radius 3 is 2.72 bits per heavy atom. The van der Waals surface area contributed by atoms with Gasteiger partial charge in [0.25, 0.3) is 5.54 Å². The van der Waals surface area contributed by atoms with Gasteiger partial charge >= 0.3 is 0 Å². The molecule has 0 amide bonds. The molecule has 18 heavy (non-hydrogen) atoms. The molecule has 0 spiro atoms. The second-order valence-electron chi connectivity index (χ2n) is 4.78. The van der Waals surface area contributed by atoms with E-state index in [-0.39, 0.29) is 10.8 Å². The molecule has 1 saturated heterocycles. The molecular weight excluding hydrogens is 230 g/mol. The molecule has 1 heterocycles. The van der Waals surface area contributed by atoms with Gasteiger partial charge in [-0.2, -0.15) is 0 Å². The zero-order valence-corrected chi connectivity index (χ0v) is 10.4. The summed E-state index contributed by atoms with van der Waals surface area (Å²) in [5.41, 5.74) is -0.301. The van der Waals surface area contributed by atoms with Crippen LogP contribution in [0.2, 0.25) is 0 Å². The van der Waals surface area contributed by atoms with Crippen LogP contribution in [0.4, 0.5) is 0 Å². The van der Waals surface area contributed by atoms with Gasteiger partial charge in [-0.1, -0.05) is 36.4 Å². The van der Waals surface area contributed by atoms with Gasteiger partial charge in [0, 0.05) is 18.5 Å². The van der Waals surface area contributed by atoms with Gasteiger partial charge in [-0.3, -0.25) is 10.1 Å². The van der Waals surface area contributed by atoms with Crippen molar-refractivity contribution < 1.29 is 9.66 Å². The summed E-state index contributed by atoms with van der Waals surface area (Å²) in [6, 6.07) is 9.38. The Morgan fingerprint density at radius 1 is 1.50 bits per heavy atom. The maximum Gasteiger partial charge on any atom is 0.255 e. The molecule has 2 rings (SSSR count). The third kappa shape index (κ3) is 1.93. The van der Waals surface area contributed by atoms with Crippen LogP contribution in [0, 0.1) is 16.0 Å². The van der Waals surface area contributed by atoms with Crippen molar-refractivity contribution in [3.8, 4) is 0 Å². The highest BCUT2D eigenvalue weighted by Crippen LogP contribution is 2.43. The fourth-order valence-corrected chi connectivity index (χ4v) is 2.62. The average Bonchev–Trinajstić information content (AvgIpc) is 2.39. The lowest BCUT2D eigenvalue weighted by molar-refractivity contribution is -0.594. The first-order valence-electron chi connectivity index (χ1n) is 6.04. The second kappa shape index (κ2) is 4.90. The van der Waals surface area contributed by atoms with Crippen LogP contribution < -0.4 is 0 Å². The van der Waals surface area contributed by atoms with Crippen LogP contribution >= 0.6 is 0 Å². The predicted molar refractivity (Wildman–Crippen MR) is 68.8 cm³/mol. The first-order valence-corrected chi connectivity index (χ1v) is 6.04. The molecule has 4 heteroatoms. The lowest BCUT2D eigenvalue weighted by Gasteiger charge is -2.39. The molecule has 0 saturated carbocycles. The predicted octanol–water partition coefficient (Wildman–Crippen LogP) is 2.99. The number of nitro groups is 1. The van der Waals surface area contributed by atoms with Gasteiger partial charge in [-0.25, -0.2) is 0 Å². The Hall–Kier alpha value is -1.68. The highest BCUT2D eigenvalue weighted by molar-refractivity contribution is 5.22. The van der Waals surface area contributed by atoms with Crippen LogP contribution in [0.3, 0.4) is 0 Å². The fraction of sp³-hybridized carbons (Fsp3) is 0.429. The van der Waals surface area contributed by atoms with Gasteiger partial charge in [-0.05, 0) is 12.0 Å². The molecule has 0 N–H and O–H groups in total. The smallest absolute Gasteiger partial charge is 0.255 e. The molecule has 4 nitrogen and oxygen atoms in total. The van der Waals surface area contributed by atoms with Crippen molar-refractivity contribution in [2.75, 3.05) is 6.61 Å². The molecule has 1 aliphatic rings. The molecule has 96 valence electrons. The van der Waals surface area contributed by atoms with Crippen molar-refractivity contribution in [1.29, 1.82) is 0 Å². The number of ether oxygens (including phenoxy) is 1. The van der Waals surface area contributed by atoms with Gasteiger partial charge in [0.1, 0.15) is 0 Å². The normalized spacial score (nSPS) is 31.8. The van der Waals surface area contributed by atoms with Crippen molar-refractivity contribution >= 4 is 0 Å². The van der Waals surface area contributed by atoms with E-state index in [0.29, 0.717) is 13.0 Å². The Balaban J connectivity index is 2.44. The van der Waals surface area contributed by atoms with Crippen molar-refractivity contribution in [3.63, 3.8) is 0 Å². The molecular formula is C14H17NO3. The first kappa shape index (κ1) is 12.8. The van der Waals surface area contributed by atoms with E-state index in [1.54, 1.807) is 13.0 Å². The summed E-state index contributed by atoms with van der Waals surface area (Å²) in [5.74, 6) is -0.175. The third-order valence-electron chi connectivity index (χ3n) is 3.78. The third-order valence-corrected chi connectivity index (χ3v) is 3.78. The van der Waals surface area contributed by atoms with Crippen molar-refractivity contribution in [1.82, 2.24) is 0 Å². The average molecular weight is 247 g/mol. The molecule has 0 aliphatic carbocycles. The minimum absolute atomic E-state index is 0.175. The Bertz CT molecular complexity index is 446. The van der Waals surface area contributed by atoms with Crippen LogP contribution in [0.5, 0.6) is 0 Å². The summed E-state index contributed by atoms with van der Waals surface area (Å²) >= 11 is 0. The van der Waals surface area contributed by atoms with Crippen LogP contribution in [0.1, 0.15) is 25.0 Å². The maximum absolute atomic E-state index is 11.5. The highest BCUT2D eigenvalue weighted by atomic mass is 16.6. The van der Waals surface area contributed by atoms with Crippen molar-refractivity contribution in [2.24, 2.45) is 5.92 Å². The van der Waals surface area contributed by atoms with Gasteiger partial charge in [-0.15, -0.1) is 6.58 Å². The quantitative estimate of drug-likeness (QED) is 0.468. The maximum atomic E-state index is 11.5. The number of hydrogen-bond donors (Lipinski definition) is 0. The summed E-state index contributed by atoms with van der Waals surface area (Å²) in [7, 11) is 0. The van der Waals surface area contributed by atoms with Crippen LogP contribution in [0.25, 0.3) is 0 Å². The van der Waals surface area contributed by atoms with Crippen LogP contribution in [0.15, 0.2) is 43.0 Å². The molecule has 0 bridgehead atoms. The van der Waals surface area contributed by atoms with E-state index < -0.39 is 11.6 Å². The van der Waals surface area contributed by atoms with E-state index >= 15 is 0 Å². The summed E-state index contributed by atoms with van der Waals surface area (Å²) in [6.07, 6.45) is 1.80. The van der Waals surface area contributed by atoms with Gasteiger partial charge < -0.3 is 4.74 Å². The fourth-order valence-electron chi connectivity index (χ4n) is 2.62. The summed E-state index contributed by atoms with van der Waals surface area (Å²) < 4.78 is 5.68. The molecule has 1 aliphatic heterocycles. The number of benzene rings is 1. The van der Waals surface area contributed by atoms with E-state index in [0.717, 1.165) is 5.56 Å².